The Kier molecular flexibility index (Phi) is 6.76. The highest BCUT2D eigenvalue weighted by Crippen LogP contribution is 2.37. The van der Waals surface area contributed by atoms with Crippen molar-refractivity contribution >= 4 is 55.4 Å². The summed E-state index contributed by atoms with van der Waals surface area (Å²) in [5.74, 6) is 1.38. The molecule has 0 N–H and O–H groups in total. The molecular formula is C28H21BrClN3O3. The van der Waals surface area contributed by atoms with Crippen LogP contribution < -0.4 is 15.0 Å². The predicted molar refractivity (Wildman–Crippen MR) is 148 cm³/mol. The Bertz CT molecular complexity index is 1690. The first-order valence-electron chi connectivity index (χ1n) is 11.1. The normalized spacial score (nSPS) is 11.4. The van der Waals surface area contributed by atoms with Gasteiger partial charge in [0.1, 0.15) is 12.4 Å². The molecule has 0 saturated carbocycles. The lowest BCUT2D eigenvalue weighted by molar-refractivity contribution is 0.286. The molecule has 36 heavy (non-hydrogen) atoms. The monoisotopic (exact) mass is 561 g/mol. The third-order valence-corrected chi connectivity index (χ3v) is 6.57. The summed E-state index contributed by atoms with van der Waals surface area (Å²) in [6.07, 6.45) is 1.54. The van der Waals surface area contributed by atoms with Crippen molar-refractivity contribution in [3.63, 3.8) is 0 Å². The first-order valence-corrected chi connectivity index (χ1v) is 12.3. The lowest BCUT2D eigenvalue weighted by Crippen LogP contribution is -2.20. The van der Waals surface area contributed by atoms with Crippen molar-refractivity contribution in [1.82, 2.24) is 9.66 Å². The highest BCUT2D eigenvalue weighted by Gasteiger charge is 2.13. The zero-order chi connectivity index (χ0) is 25.2. The number of benzene rings is 4. The van der Waals surface area contributed by atoms with Crippen LogP contribution in [0.2, 0.25) is 5.02 Å². The van der Waals surface area contributed by atoms with Gasteiger partial charge >= 0.3 is 0 Å². The van der Waals surface area contributed by atoms with Crippen molar-refractivity contribution in [3.8, 4) is 11.5 Å². The number of ether oxygens (including phenoxy) is 2. The third-order valence-electron chi connectivity index (χ3n) is 5.80. The Morgan fingerprint density at radius 2 is 1.86 bits per heavy atom. The van der Waals surface area contributed by atoms with Gasteiger partial charge in [0.15, 0.2) is 11.5 Å². The molecule has 5 rings (SSSR count). The van der Waals surface area contributed by atoms with Crippen LogP contribution in [0.1, 0.15) is 17.0 Å². The molecule has 180 valence electrons. The van der Waals surface area contributed by atoms with Crippen LogP contribution in [-0.2, 0) is 6.61 Å². The van der Waals surface area contributed by atoms with Crippen molar-refractivity contribution in [2.24, 2.45) is 5.10 Å². The van der Waals surface area contributed by atoms with E-state index in [9.17, 15) is 4.79 Å². The largest absolute Gasteiger partial charge is 0.493 e. The molecule has 0 unspecified atom stereocenters. The van der Waals surface area contributed by atoms with Crippen LogP contribution in [0.25, 0.3) is 21.7 Å². The highest BCUT2D eigenvalue weighted by molar-refractivity contribution is 9.10. The van der Waals surface area contributed by atoms with E-state index in [2.05, 4.69) is 44.2 Å². The zero-order valence-electron chi connectivity index (χ0n) is 19.5. The maximum absolute atomic E-state index is 13.0. The van der Waals surface area contributed by atoms with Gasteiger partial charge in [-0.25, -0.2) is 4.98 Å². The molecule has 0 saturated heterocycles. The maximum atomic E-state index is 13.0. The van der Waals surface area contributed by atoms with Crippen LogP contribution in [0, 0.1) is 6.92 Å². The fourth-order valence-corrected chi connectivity index (χ4v) is 4.68. The molecule has 0 bridgehead atoms. The Hall–Kier alpha value is -3.68. The fourth-order valence-electron chi connectivity index (χ4n) is 4.04. The second kappa shape index (κ2) is 10.1. The summed E-state index contributed by atoms with van der Waals surface area (Å²) in [5.41, 5.74) is 2.05. The van der Waals surface area contributed by atoms with Crippen LogP contribution in [0.4, 0.5) is 0 Å². The topological polar surface area (TPSA) is 65.7 Å². The van der Waals surface area contributed by atoms with Crippen molar-refractivity contribution in [2.45, 2.75) is 13.5 Å². The van der Waals surface area contributed by atoms with Gasteiger partial charge in [-0.15, -0.1) is 0 Å². The van der Waals surface area contributed by atoms with E-state index in [0.717, 1.165) is 20.8 Å². The molecule has 0 radical (unpaired) electrons. The smallest absolute Gasteiger partial charge is 0.282 e. The summed E-state index contributed by atoms with van der Waals surface area (Å²) in [4.78, 5) is 17.5. The number of hydrogen-bond donors (Lipinski definition) is 0. The van der Waals surface area contributed by atoms with Crippen molar-refractivity contribution in [2.75, 3.05) is 7.11 Å². The minimum absolute atomic E-state index is 0.261. The molecule has 1 heterocycles. The van der Waals surface area contributed by atoms with E-state index in [-0.39, 0.29) is 5.56 Å². The van der Waals surface area contributed by atoms with Gasteiger partial charge in [-0.1, -0.05) is 70.0 Å². The van der Waals surface area contributed by atoms with Crippen LogP contribution in [0.3, 0.4) is 0 Å². The summed E-state index contributed by atoms with van der Waals surface area (Å²) in [6.45, 7) is 2.07. The molecule has 5 aromatic rings. The van der Waals surface area contributed by atoms with Gasteiger partial charge in [0.2, 0.25) is 0 Å². The van der Waals surface area contributed by atoms with Crippen molar-refractivity contribution in [3.05, 3.63) is 110 Å². The minimum Gasteiger partial charge on any atom is -0.493 e. The summed E-state index contributed by atoms with van der Waals surface area (Å²) >= 11 is 9.99. The molecule has 0 aliphatic rings. The van der Waals surface area contributed by atoms with Crippen molar-refractivity contribution < 1.29 is 9.47 Å². The SMILES string of the molecule is COc1cc(C=Nn2c(C)nc3ccc(Br)cc3c2=O)cc(Cl)c1OCc1cccc2ccccc12. The molecule has 0 atom stereocenters. The van der Waals surface area contributed by atoms with Crippen molar-refractivity contribution in [1.29, 1.82) is 0 Å². The lowest BCUT2D eigenvalue weighted by Gasteiger charge is -2.14. The number of aryl methyl sites for hydroxylation is 1. The van der Waals surface area contributed by atoms with Gasteiger partial charge in [-0.2, -0.15) is 9.78 Å². The summed E-state index contributed by atoms with van der Waals surface area (Å²) in [7, 11) is 1.55. The average molecular weight is 563 g/mol. The minimum atomic E-state index is -0.261. The quantitative estimate of drug-likeness (QED) is 0.215. The molecule has 4 aromatic carbocycles. The van der Waals surface area contributed by atoms with Gasteiger partial charge in [-0.3, -0.25) is 4.79 Å². The van der Waals surface area contributed by atoms with Crippen LogP contribution in [0.15, 0.2) is 87.2 Å². The highest BCUT2D eigenvalue weighted by atomic mass is 79.9. The van der Waals surface area contributed by atoms with E-state index >= 15 is 0 Å². The molecular weight excluding hydrogens is 542 g/mol. The number of nitrogens with zero attached hydrogens (tertiary/aromatic N) is 3. The first kappa shape index (κ1) is 24.0. The maximum Gasteiger partial charge on any atom is 0.282 e. The number of rotatable bonds is 6. The average Bonchev–Trinajstić information content (AvgIpc) is 2.88. The van der Waals surface area contributed by atoms with Crippen LogP contribution in [0.5, 0.6) is 11.5 Å². The molecule has 0 fully saturated rings. The van der Waals surface area contributed by atoms with Crippen LogP contribution >= 0.6 is 27.5 Å². The second-order valence-electron chi connectivity index (χ2n) is 8.14. The summed E-state index contributed by atoms with van der Waals surface area (Å²) in [5, 5.41) is 7.49. The lowest BCUT2D eigenvalue weighted by atomic mass is 10.1. The van der Waals surface area contributed by atoms with Gasteiger partial charge in [0.25, 0.3) is 5.56 Å². The van der Waals surface area contributed by atoms with Gasteiger partial charge in [0.05, 0.1) is 29.2 Å². The Labute approximate surface area is 220 Å². The number of aromatic nitrogens is 2. The molecule has 0 spiro atoms. The van der Waals surface area contributed by atoms with E-state index < -0.39 is 0 Å². The molecule has 6 nitrogen and oxygen atoms in total. The van der Waals surface area contributed by atoms with E-state index in [1.54, 1.807) is 44.5 Å². The number of methoxy groups -OCH3 is 1. The fraction of sp³-hybridized carbons (Fsp3) is 0.107. The van der Waals surface area contributed by atoms with E-state index in [4.69, 9.17) is 21.1 Å². The second-order valence-corrected chi connectivity index (χ2v) is 9.47. The first-order chi connectivity index (χ1) is 17.4. The van der Waals surface area contributed by atoms with Gasteiger partial charge in [-0.05, 0) is 59.2 Å². The number of fused-ring (bicyclic) bond motifs is 2. The van der Waals surface area contributed by atoms with E-state index in [1.807, 2.05) is 30.3 Å². The summed E-state index contributed by atoms with van der Waals surface area (Å²) < 4.78 is 13.7. The summed E-state index contributed by atoms with van der Waals surface area (Å²) in [6, 6.07) is 23.1. The third kappa shape index (κ3) is 4.72. The molecule has 0 aliphatic carbocycles. The number of hydrogen-bond acceptors (Lipinski definition) is 5. The van der Waals surface area contributed by atoms with Crippen LogP contribution in [-0.4, -0.2) is 23.0 Å². The Balaban J connectivity index is 1.44. The van der Waals surface area contributed by atoms with Gasteiger partial charge in [0, 0.05) is 4.47 Å². The molecule has 0 amide bonds. The predicted octanol–water partition coefficient (Wildman–Crippen LogP) is 6.74. The van der Waals surface area contributed by atoms with Gasteiger partial charge < -0.3 is 9.47 Å². The molecule has 1 aromatic heterocycles. The van der Waals surface area contributed by atoms with E-state index in [0.29, 0.717) is 45.4 Å². The zero-order valence-corrected chi connectivity index (χ0v) is 21.9. The van der Waals surface area contributed by atoms with E-state index in [1.165, 1.54) is 4.68 Å². The Morgan fingerprint density at radius 1 is 1.06 bits per heavy atom. The molecule has 0 aliphatic heterocycles. The molecule has 8 heteroatoms. The number of halogens is 2. The standard InChI is InChI=1S/C28H21BrClN3O3/c1-17-32-25-11-10-21(29)14-23(25)28(34)33(17)31-15-18-12-24(30)27(26(13-18)35-2)36-16-20-8-5-7-19-6-3-4-9-22(19)20/h3-15H,16H2,1-2H3. The Morgan fingerprint density at radius 3 is 2.69 bits per heavy atom.